The van der Waals surface area contributed by atoms with E-state index >= 15 is 4.39 Å². The number of hydrogen-bond acceptors (Lipinski definition) is 6. The predicted molar refractivity (Wildman–Crippen MR) is 131 cm³/mol. The first-order valence-electron chi connectivity index (χ1n) is 12.5. The lowest BCUT2D eigenvalue weighted by Crippen LogP contribution is -2.45. The molecule has 0 aromatic carbocycles. The monoisotopic (exact) mass is 483 g/mol. The van der Waals surface area contributed by atoms with Gasteiger partial charge in [-0.2, -0.15) is 5.10 Å². The Labute approximate surface area is 204 Å². The molecule has 180 valence electrons. The van der Waals surface area contributed by atoms with Gasteiger partial charge in [-0.05, 0) is 68.9 Å². The van der Waals surface area contributed by atoms with Gasteiger partial charge in [0.25, 0.3) is 0 Å². The first-order chi connectivity index (χ1) is 16.5. The fourth-order valence-electron chi connectivity index (χ4n) is 6.45. The van der Waals surface area contributed by atoms with Crippen molar-refractivity contribution in [3.63, 3.8) is 0 Å². The van der Waals surface area contributed by atoms with E-state index in [0.29, 0.717) is 57.9 Å². The Morgan fingerprint density at radius 3 is 2.56 bits per heavy atom. The molecule has 3 aromatic heterocycles. The number of piperazine rings is 1. The molecule has 4 aliphatic rings. The molecule has 3 aromatic rings. The summed E-state index contributed by atoms with van der Waals surface area (Å²) in [7, 11) is 2.09. The van der Waals surface area contributed by atoms with E-state index in [-0.39, 0.29) is 5.82 Å². The molecule has 0 spiro atoms. The van der Waals surface area contributed by atoms with Crippen molar-refractivity contribution < 1.29 is 4.39 Å². The summed E-state index contributed by atoms with van der Waals surface area (Å²) in [4.78, 5) is 18.2. The molecule has 7 rings (SSSR count). The average Bonchev–Trinajstić information content (AvgIpc) is 3.26. The minimum atomic E-state index is -0.262. The third kappa shape index (κ3) is 3.85. The molecular formula is C25H31ClFN7. The van der Waals surface area contributed by atoms with Crippen molar-refractivity contribution in [2.75, 3.05) is 38.1 Å². The number of halogens is 2. The van der Waals surface area contributed by atoms with Crippen LogP contribution < -0.4 is 4.90 Å². The molecule has 4 fully saturated rings. The number of hydrogen-bond donors (Lipinski definition) is 1. The van der Waals surface area contributed by atoms with Crippen LogP contribution in [0.2, 0.25) is 5.02 Å². The van der Waals surface area contributed by atoms with Gasteiger partial charge in [0.2, 0.25) is 0 Å². The highest BCUT2D eigenvalue weighted by Gasteiger charge is 2.42. The lowest BCUT2D eigenvalue weighted by molar-refractivity contribution is 0.0334. The van der Waals surface area contributed by atoms with E-state index in [1.807, 2.05) is 6.07 Å². The van der Waals surface area contributed by atoms with Gasteiger partial charge < -0.3 is 9.80 Å². The van der Waals surface area contributed by atoms with E-state index in [2.05, 4.69) is 39.0 Å². The number of rotatable bonds is 4. The van der Waals surface area contributed by atoms with Crippen molar-refractivity contribution in [2.24, 2.45) is 23.7 Å². The van der Waals surface area contributed by atoms with Crippen LogP contribution in [0.1, 0.15) is 38.3 Å². The zero-order valence-corrected chi connectivity index (χ0v) is 20.5. The second kappa shape index (κ2) is 8.72. The first kappa shape index (κ1) is 22.2. The molecular weight excluding hydrogens is 453 g/mol. The average molecular weight is 484 g/mol. The molecule has 3 aliphatic carbocycles. The molecule has 3 saturated carbocycles. The summed E-state index contributed by atoms with van der Waals surface area (Å²) in [6.07, 6.45) is 7.40. The number of anilines is 1. The number of H-pyrrole nitrogens is 1. The summed E-state index contributed by atoms with van der Waals surface area (Å²) in [5.41, 5.74) is 1.72. The van der Waals surface area contributed by atoms with Crippen molar-refractivity contribution >= 4 is 28.5 Å². The van der Waals surface area contributed by atoms with Crippen LogP contribution in [0.3, 0.4) is 0 Å². The summed E-state index contributed by atoms with van der Waals surface area (Å²) >= 11 is 6.22. The maximum absolute atomic E-state index is 16.0. The molecule has 1 aliphatic heterocycles. The zero-order chi connectivity index (χ0) is 23.4. The fraction of sp³-hybridized carbons (Fsp3) is 0.600. The lowest BCUT2D eigenvalue weighted by Gasteiger charge is -2.47. The zero-order valence-electron chi connectivity index (χ0n) is 19.8. The summed E-state index contributed by atoms with van der Waals surface area (Å²) in [6.45, 7) is 5.60. The molecule has 0 amide bonds. The number of aromatic nitrogens is 5. The number of pyridine rings is 1. The van der Waals surface area contributed by atoms with Crippen molar-refractivity contribution in [3.05, 3.63) is 28.8 Å². The third-order valence-corrected chi connectivity index (χ3v) is 8.78. The van der Waals surface area contributed by atoms with Gasteiger partial charge in [-0.3, -0.25) is 5.10 Å². The Bertz CT molecular complexity index is 1200. The Hall–Kier alpha value is -2.32. The van der Waals surface area contributed by atoms with Crippen molar-refractivity contribution in [2.45, 2.75) is 39.0 Å². The van der Waals surface area contributed by atoms with Crippen LogP contribution in [-0.2, 0) is 6.42 Å². The summed E-state index contributed by atoms with van der Waals surface area (Å²) < 4.78 is 16.0. The molecule has 1 N–H and O–H groups in total. The normalized spacial score (nSPS) is 27.6. The van der Waals surface area contributed by atoms with Crippen molar-refractivity contribution in [3.8, 4) is 11.5 Å². The maximum Gasteiger partial charge on any atom is 0.187 e. The van der Waals surface area contributed by atoms with E-state index in [1.54, 1.807) is 6.20 Å². The highest BCUT2D eigenvalue weighted by molar-refractivity contribution is 6.31. The first-order valence-corrected chi connectivity index (χ1v) is 12.9. The van der Waals surface area contributed by atoms with Crippen LogP contribution in [-0.4, -0.2) is 63.3 Å². The third-order valence-electron chi connectivity index (χ3n) is 8.57. The second-order valence-corrected chi connectivity index (χ2v) is 10.9. The van der Waals surface area contributed by atoms with Crippen LogP contribution in [0.5, 0.6) is 0 Å². The summed E-state index contributed by atoms with van der Waals surface area (Å²) in [5.74, 6) is 3.11. The van der Waals surface area contributed by atoms with Crippen molar-refractivity contribution in [1.82, 2.24) is 30.0 Å². The van der Waals surface area contributed by atoms with Gasteiger partial charge in [0.1, 0.15) is 5.69 Å². The molecule has 7 nitrogen and oxygen atoms in total. The topological polar surface area (TPSA) is 73.8 Å². The van der Waals surface area contributed by atoms with E-state index in [9.17, 15) is 0 Å². The van der Waals surface area contributed by atoms with Gasteiger partial charge in [-0.25, -0.2) is 19.3 Å². The Kier molecular flexibility index (Phi) is 5.68. The Morgan fingerprint density at radius 2 is 1.82 bits per heavy atom. The van der Waals surface area contributed by atoms with Gasteiger partial charge in [-0.15, -0.1) is 0 Å². The maximum atomic E-state index is 16.0. The van der Waals surface area contributed by atoms with Crippen LogP contribution in [0.4, 0.5) is 10.2 Å². The van der Waals surface area contributed by atoms with E-state index in [1.165, 1.54) is 25.7 Å². The largest absolute Gasteiger partial charge is 0.351 e. The van der Waals surface area contributed by atoms with E-state index in [4.69, 9.17) is 21.6 Å². The molecule has 1 saturated heterocycles. The Balaban J connectivity index is 1.44. The molecule has 0 radical (unpaired) electrons. The number of nitrogens with one attached hydrogen (secondary N) is 1. The quantitative estimate of drug-likeness (QED) is 0.585. The molecule has 9 heteroatoms. The predicted octanol–water partition coefficient (Wildman–Crippen LogP) is 4.57. The van der Waals surface area contributed by atoms with Crippen LogP contribution in [0.25, 0.3) is 22.6 Å². The smallest absolute Gasteiger partial charge is 0.187 e. The molecule has 2 atom stereocenters. The minimum Gasteiger partial charge on any atom is -0.351 e. The van der Waals surface area contributed by atoms with E-state index < -0.39 is 0 Å². The molecule has 2 bridgehead atoms. The molecule has 0 unspecified atom stereocenters. The van der Waals surface area contributed by atoms with Crippen LogP contribution in [0, 0.1) is 29.5 Å². The van der Waals surface area contributed by atoms with Crippen molar-refractivity contribution in [1.29, 1.82) is 0 Å². The molecule has 4 heterocycles. The fourth-order valence-corrected chi connectivity index (χ4v) is 6.61. The second-order valence-electron chi connectivity index (χ2n) is 10.4. The van der Waals surface area contributed by atoms with Crippen LogP contribution >= 0.6 is 11.6 Å². The Morgan fingerprint density at radius 1 is 1.09 bits per heavy atom. The summed E-state index contributed by atoms with van der Waals surface area (Å²) in [5, 5.41) is 8.61. The number of fused-ring (bicyclic) bond motifs is 4. The minimum absolute atomic E-state index is 0.262. The SMILES string of the molecule is C[C@H]1C2CCC(CC2)[C@@H]1Cc1nc(-c2[nH]nc3ncc(Cl)cc23)nc(N2CCN(C)CC2)c1F. The van der Waals surface area contributed by atoms with E-state index in [0.717, 1.165) is 37.5 Å². The number of aromatic amines is 1. The number of likely N-dealkylation sites (N-methyl/N-ethyl adjacent to an activating group) is 1. The standard InChI is InChI=1S/C25H31ClFN7/c1-14-15-3-5-16(6-4-15)18(14)12-20-21(27)25(34-9-7-33(2)8-10-34)30-24(29-20)22-19-11-17(26)13-28-23(19)32-31-22/h11,13-16,18H,3-10,12H2,1-2H3,(H,28,31,32)/t14-,15?,16?,18+/m0/s1. The van der Waals surface area contributed by atoms with Gasteiger partial charge in [0.05, 0.1) is 16.1 Å². The van der Waals surface area contributed by atoms with Gasteiger partial charge in [0.15, 0.2) is 23.1 Å². The van der Waals surface area contributed by atoms with Gasteiger partial charge >= 0.3 is 0 Å². The van der Waals surface area contributed by atoms with Crippen LogP contribution in [0.15, 0.2) is 12.3 Å². The number of nitrogens with zero attached hydrogens (tertiary/aromatic N) is 6. The lowest BCUT2D eigenvalue weighted by atomic mass is 9.58. The van der Waals surface area contributed by atoms with Gasteiger partial charge in [0, 0.05) is 32.4 Å². The summed E-state index contributed by atoms with van der Waals surface area (Å²) in [6, 6.07) is 1.81. The van der Waals surface area contributed by atoms with Gasteiger partial charge in [-0.1, -0.05) is 18.5 Å². The highest BCUT2D eigenvalue weighted by Crippen LogP contribution is 2.50. The molecule has 34 heavy (non-hydrogen) atoms. The highest BCUT2D eigenvalue weighted by atomic mass is 35.5.